The van der Waals surface area contributed by atoms with Crippen molar-refractivity contribution in [3.05, 3.63) is 44.6 Å². The molecular formula is C14H11BrN2O3S. The van der Waals surface area contributed by atoms with Gasteiger partial charge in [-0.15, -0.1) is 11.3 Å². The summed E-state index contributed by atoms with van der Waals surface area (Å²) in [5.74, 6) is -0.980. The van der Waals surface area contributed by atoms with Crippen LogP contribution >= 0.6 is 27.3 Å². The molecule has 1 N–H and O–H groups in total. The molecule has 3 aromatic rings. The topological polar surface area (TPSA) is 66.6 Å². The quantitative estimate of drug-likeness (QED) is 0.756. The molecule has 0 saturated carbocycles. The number of aromatic carboxylic acids is 1. The minimum atomic E-state index is -0.980. The first-order valence-corrected chi connectivity index (χ1v) is 7.78. The lowest BCUT2D eigenvalue weighted by atomic mass is 10.2. The van der Waals surface area contributed by atoms with Gasteiger partial charge in [0.15, 0.2) is 5.58 Å². The lowest BCUT2D eigenvalue weighted by Crippen LogP contribution is -2.15. The van der Waals surface area contributed by atoms with E-state index in [1.807, 2.05) is 18.0 Å². The fourth-order valence-electron chi connectivity index (χ4n) is 1.98. The van der Waals surface area contributed by atoms with Crippen molar-refractivity contribution in [2.45, 2.75) is 6.54 Å². The van der Waals surface area contributed by atoms with Gasteiger partial charge >= 0.3 is 5.97 Å². The summed E-state index contributed by atoms with van der Waals surface area (Å²) in [5.41, 5.74) is 2.47. The highest BCUT2D eigenvalue weighted by atomic mass is 79.9. The Morgan fingerprint density at radius 3 is 2.95 bits per heavy atom. The Balaban J connectivity index is 1.87. The molecule has 2 aromatic heterocycles. The number of rotatable bonds is 4. The van der Waals surface area contributed by atoms with Crippen molar-refractivity contribution in [2.75, 3.05) is 11.9 Å². The number of carboxylic acid groups (broad SMARTS) is 1. The molecule has 0 saturated heterocycles. The van der Waals surface area contributed by atoms with Gasteiger partial charge in [-0.3, -0.25) is 0 Å². The van der Waals surface area contributed by atoms with Crippen LogP contribution in [0.15, 0.2) is 37.8 Å². The number of aromatic nitrogens is 1. The summed E-state index contributed by atoms with van der Waals surface area (Å²) in [4.78, 5) is 17.2. The SMILES string of the molecule is CN(Cc1csc(Br)c1)c1nc2ccc(C(=O)O)cc2o1. The molecule has 0 unspecified atom stereocenters. The highest BCUT2D eigenvalue weighted by molar-refractivity contribution is 9.11. The van der Waals surface area contributed by atoms with Gasteiger partial charge < -0.3 is 14.4 Å². The largest absolute Gasteiger partial charge is 0.478 e. The molecule has 108 valence electrons. The van der Waals surface area contributed by atoms with Crippen molar-refractivity contribution in [1.82, 2.24) is 4.98 Å². The fourth-order valence-corrected chi connectivity index (χ4v) is 3.18. The highest BCUT2D eigenvalue weighted by Gasteiger charge is 2.13. The van der Waals surface area contributed by atoms with Crippen molar-refractivity contribution < 1.29 is 14.3 Å². The van der Waals surface area contributed by atoms with Gasteiger partial charge in [0, 0.05) is 13.6 Å². The van der Waals surface area contributed by atoms with Crippen LogP contribution in [0.4, 0.5) is 6.01 Å². The molecule has 0 aliphatic rings. The minimum absolute atomic E-state index is 0.189. The zero-order valence-corrected chi connectivity index (χ0v) is 13.4. The van der Waals surface area contributed by atoms with Crippen molar-refractivity contribution in [3.63, 3.8) is 0 Å². The predicted octanol–water partition coefficient (Wildman–Crippen LogP) is 3.99. The van der Waals surface area contributed by atoms with E-state index in [9.17, 15) is 4.79 Å². The van der Waals surface area contributed by atoms with E-state index in [1.54, 1.807) is 17.4 Å². The minimum Gasteiger partial charge on any atom is -0.478 e. The van der Waals surface area contributed by atoms with E-state index in [-0.39, 0.29) is 5.56 Å². The maximum atomic E-state index is 11.0. The van der Waals surface area contributed by atoms with Crippen molar-refractivity contribution >= 4 is 50.4 Å². The second-order valence-electron chi connectivity index (χ2n) is 4.60. The van der Waals surface area contributed by atoms with Crippen LogP contribution in [-0.4, -0.2) is 23.1 Å². The molecule has 3 rings (SSSR count). The van der Waals surface area contributed by atoms with Crippen LogP contribution in [0.5, 0.6) is 0 Å². The molecule has 0 aliphatic carbocycles. The van der Waals surface area contributed by atoms with Gasteiger partial charge in [-0.2, -0.15) is 4.98 Å². The van der Waals surface area contributed by atoms with E-state index in [1.165, 1.54) is 12.1 Å². The normalized spacial score (nSPS) is 11.0. The zero-order valence-electron chi connectivity index (χ0n) is 11.0. The number of fused-ring (bicyclic) bond motifs is 1. The third-order valence-corrected chi connectivity index (χ3v) is 4.55. The van der Waals surface area contributed by atoms with E-state index in [0.29, 0.717) is 23.7 Å². The van der Waals surface area contributed by atoms with E-state index in [0.717, 1.165) is 9.35 Å². The summed E-state index contributed by atoms with van der Waals surface area (Å²) in [7, 11) is 1.88. The van der Waals surface area contributed by atoms with Crippen LogP contribution in [0.2, 0.25) is 0 Å². The van der Waals surface area contributed by atoms with Crippen LogP contribution < -0.4 is 4.90 Å². The Morgan fingerprint density at radius 1 is 1.48 bits per heavy atom. The van der Waals surface area contributed by atoms with Crippen LogP contribution in [0, 0.1) is 0 Å². The average molecular weight is 367 g/mol. The lowest BCUT2D eigenvalue weighted by molar-refractivity contribution is 0.0697. The standard InChI is InChI=1S/C14H11BrN2O3S/c1-17(6-8-4-12(15)21-7-8)14-16-10-3-2-9(13(18)19)5-11(10)20-14/h2-5,7H,6H2,1H3,(H,18,19). The molecule has 0 fully saturated rings. The first-order valence-electron chi connectivity index (χ1n) is 6.11. The van der Waals surface area contributed by atoms with Crippen LogP contribution in [-0.2, 0) is 6.54 Å². The van der Waals surface area contributed by atoms with E-state index in [2.05, 4.69) is 26.3 Å². The Kier molecular flexibility index (Phi) is 3.69. The monoisotopic (exact) mass is 366 g/mol. The van der Waals surface area contributed by atoms with Gasteiger partial charge in [0.05, 0.1) is 9.35 Å². The van der Waals surface area contributed by atoms with E-state index >= 15 is 0 Å². The van der Waals surface area contributed by atoms with Crippen molar-refractivity contribution in [3.8, 4) is 0 Å². The predicted molar refractivity (Wildman–Crippen MR) is 85.1 cm³/mol. The molecular weight excluding hydrogens is 356 g/mol. The molecule has 5 nitrogen and oxygen atoms in total. The number of carboxylic acids is 1. The van der Waals surface area contributed by atoms with E-state index < -0.39 is 5.97 Å². The van der Waals surface area contributed by atoms with E-state index in [4.69, 9.17) is 9.52 Å². The zero-order chi connectivity index (χ0) is 15.0. The molecule has 1 aromatic carbocycles. The average Bonchev–Trinajstić information content (AvgIpc) is 3.03. The summed E-state index contributed by atoms with van der Waals surface area (Å²) in [6, 6.07) is 7.18. The van der Waals surface area contributed by atoms with Gasteiger partial charge in [0.2, 0.25) is 0 Å². The second kappa shape index (κ2) is 5.50. The summed E-state index contributed by atoms with van der Waals surface area (Å²) in [6.07, 6.45) is 0. The van der Waals surface area contributed by atoms with Gasteiger partial charge in [-0.1, -0.05) is 0 Å². The summed E-state index contributed by atoms with van der Waals surface area (Å²) in [5, 5.41) is 11.0. The summed E-state index contributed by atoms with van der Waals surface area (Å²) in [6.45, 7) is 0.667. The Labute approximate surface area is 133 Å². The number of benzene rings is 1. The van der Waals surface area contributed by atoms with Gasteiger partial charge in [0.1, 0.15) is 5.52 Å². The fraction of sp³-hybridized carbons (Fsp3) is 0.143. The Hall–Kier alpha value is -1.86. The second-order valence-corrected chi connectivity index (χ2v) is 6.89. The van der Waals surface area contributed by atoms with Gasteiger partial charge in [-0.05, 0) is 51.1 Å². The van der Waals surface area contributed by atoms with Gasteiger partial charge in [0.25, 0.3) is 6.01 Å². The highest BCUT2D eigenvalue weighted by Crippen LogP contribution is 2.26. The number of thiophene rings is 1. The number of nitrogens with zero attached hydrogens (tertiary/aromatic N) is 2. The summed E-state index contributed by atoms with van der Waals surface area (Å²) < 4.78 is 6.72. The molecule has 7 heteroatoms. The maximum absolute atomic E-state index is 11.0. The molecule has 0 spiro atoms. The molecule has 0 atom stereocenters. The molecule has 2 heterocycles. The number of carbonyl (C=O) groups is 1. The van der Waals surface area contributed by atoms with Crippen LogP contribution in [0.3, 0.4) is 0 Å². The van der Waals surface area contributed by atoms with Crippen molar-refractivity contribution in [1.29, 1.82) is 0 Å². The van der Waals surface area contributed by atoms with Crippen LogP contribution in [0.25, 0.3) is 11.1 Å². The Morgan fingerprint density at radius 2 is 2.29 bits per heavy atom. The van der Waals surface area contributed by atoms with Gasteiger partial charge in [-0.25, -0.2) is 4.79 Å². The molecule has 0 bridgehead atoms. The summed E-state index contributed by atoms with van der Waals surface area (Å²) >= 11 is 5.06. The maximum Gasteiger partial charge on any atom is 0.335 e. The number of hydrogen-bond acceptors (Lipinski definition) is 5. The first-order chi connectivity index (χ1) is 10.0. The molecule has 0 radical (unpaired) electrons. The first kappa shape index (κ1) is 14.1. The molecule has 21 heavy (non-hydrogen) atoms. The third kappa shape index (κ3) is 2.93. The molecule has 0 amide bonds. The Bertz CT molecular complexity index is 812. The third-order valence-electron chi connectivity index (χ3n) is 2.99. The number of halogens is 1. The van der Waals surface area contributed by atoms with Crippen molar-refractivity contribution in [2.24, 2.45) is 0 Å². The lowest BCUT2D eigenvalue weighted by Gasteiger charge is -2.12. The smallest absolute Gasteiger partial charge is 0.335 e. The molecule has 0 aliphatic heterocycles. The number of hydrogen-bond donors (Lipinski definition) is 1. The number of anilines is 1. The number of oxazole rings is 1. The van der Waals surface area contributed by atoms with Crippen LogP contribution in [0.1, 0.15) is 15.9 Å².